The molecule has 0 spiro atoms. The number of aromatic carboxylic acids is 1. The lowest BCUT2D eigenvalue weighted by molar-refractivity contribution is 0.0697. The van der Waals surface area contributed by atoms with E-state index in [9.17, 15) is 15.0 Å². The zero-order valence-electron chi connectivity index (χ0n) is 17.4. The van der Waals surface area contributed by atoms with Gasteiger partial charge in [-0.05, 0) is 47.0 Å². The standard InChI is InChI=1S/C24H23BrN2O4/c1-3-20-19(21(13-28)27(4-2)26-20)12-14-9-10-16-18(11-14)23(25)31-22(16)15-7-5-6-8-17(15)24(29)30/h5-11,28H,3-4,12-13H2,1-2H3,(H,29,30). The normalized spacial score (nSPS) is 11.4. The summed E-state index contributed by atoms with van der Waals surface area (Å²) in [7, 11) is 0. The van der Waals surface area contributed by atoms with Gasteiger partial charge in [-0.1, -0.05) is 37.3 Å². The van der Waals surface area contributed by atoms with Gasteiger partial charge in [0.2, 0.25) is 0 Å². The number of benzene rings is 2. The Bertz CT molecular complexity index is 1270. The Labute approximate surface area is 188 Å². The van der Waals surface area contributed by atoms with Crippen LogP contribution in [-0.4, -0.2) is 26.0 Å². The third-order valence-corrected chi connectivity index (χ3v) is 6.14. The lowest BCUT2D eigenvalue weighted by Crippen LogP contribution is -2.04. The van der Waals surface area contributed by atoms with Crippen molar-refractivity contribution in [3.8, 4) is 11.3 Å². The minimum absolute atomic E-state index is 0.0516. The van der Waals surface area contributed by atoms with Crippen LogP contribution in [0.3, 0.4) is 0 Å². The van der Waals surface area contributed by atoms with Gasteiger partial charge in [-0.3, -0.25) is 4.68 Å². The molecule has 6 nitrogen and oxygen atoms in total. The summed E-state index contributed by atoms with van der Waals surface area (Å²) in [5, 5.41) is 25.8. The number of fused-ring (bicyclic) bond motifs is 1. The number of rotatable bonds is 7. The van der Waals surface area contributed by atoms with E-state index < -0.39 is 5.97 Å². The quantitative estimate of drug-likeness (QED) is 0.366. The molecule has 160 valence electrons. The van der Waals surface area contributed by atoms with Crippen LogP contribution in [-0.2, 0) is 26.0 Å². The average Bonchev–Trinajstić information content (AvgIpc) is 3.30. The first-order valence-corrected chi connectivity index (χ1v) is 11.0. The Kier molecular flexibility index (Phi) is 5.98. The molecule has 0 fully saturated rings. The highest BCUT2D eigenvalue weighted by Crippen LogP contribution is 2.39. The number of aromatic nitrogens is 2. The first-order valence-electron chi connectivity index (χ1n) is 10.2. The van der Waals surface area contributed by atoms with E-state index in [1.54, 1.807) is 24.3 Å². The smallest absolute Gasteiger partial charge is 0.336 e. The molecular formula is C24H23BrN2O4. The van der Waals surface area contributed by atoms with E-state index in [4.69, 9.17) is 4.42 Å². The van der Waals surface area contributed by atoms with Crippen LogP contribution in [0.1, 0.15) is 46.7 Å². The summed E-state index contributed by atoms with van der Waals surface area (Å²) in [6, 6.07) is 12.8. The second-order valence-electron chi connectivity index (χ2n) is 7.31. The van der Waals surface area contributed by atoms with Crippen molar-refractivity contribution < 1.29 is 19.4 Å². The fourth-order valence-electron chi connectivity index (χ4n) is 4.05. The first-order chi connectivity index (χ1) is 15.0. The molecule has 0 aliphatic rings. The molecule has 0 bridgehead atoms. The number of carboxylic acids is 1. The van der Waals surface area contributed by atoms with Crippen LogP contribution in [0.25, 0.3) is 22.1 Å². The van der Waals surface area contributed by atoms with Crippen LogP contribution in [0.4, 0.5) is 0 Å². The molecule has 2 aromatic carbocycles. The summed E-state index contributed by atoms with van der Waals surface area (Å²) < 4.78 is 8.38. The molecule has 0 aliphatic carbocycles. The number of hydrogen-bond donors (Lipinski definition) is 2. The molecule has 0 saturated heterocycles. The van der Waals surface area contributed by atoms with Gasteiger partial charge in [0.1, 0.15) is 5.76 Å². The van der Waals surface area contributed by atoms with Crippen molar-refractivity contribution in [3.63, 3.8) is 0 Å². The van der Waals surface area contributed by atoms with E-state index >= 15 is 0 Å². The molecule has 0 amide bonds. The number of aryl methyl sites for hydroxylation is 2. The summed E-state index contributed by atoms with van der Waals surface area (Å²) in [6.07, 6.45) is 1.44. The number of furan rings is 1. The van der Waals surface area contributed by atoms with Crippen LogP contribution in [0.5, 0.6) is 0 Å². The lowest BCUT2D eigenvalue weighted by Gasteiger charge is -2.07. The van der Waals surface area contributed by atoms with Crippen LogP contribution in [0.2, 0.25) is 0 Å². The molecule has 2 N–H and O–H groups in total. The van der Waals surface area contributed by atoms with Gasteiger partial charge in [0, 0.05) is 34.9 Å². The maximum absolute atomic E-state index is 11.7. The zero-order chi connectivity index (χ0) is 22.1. The molecule has 4 rings (SSSR count). The zero-order valence-corrected chi connectivity index (χ0v) is 18.9. The fourth-order valence-corrected chi connectivity index (χ4v) is 4.54. The Morgan fingerprint density at radius 1 is 1.16 bits per heavy atom. The Morgan fingerprint density at radius 2 is 1.94 bits per heavy atom. The number of aliphatic hydroxyl groups excluding tert-OH is 1. The summed E-state index contributed by atoms with van der Waals surface area (Å²) in [5.74, 6) is -0.472. The van der Waals surface area contributed by atoms with Gasteiger partial charge in [0.25, 0.3) is 0 Å². The molecule has 0 atom stereocenters. The van der Waals surface area contributed by atoms with E-state index in [0.717, 1.165) is 39.7 Å². The third-order valence-electron chi connectivity index (χ3n) is 5.55. The van der Waals surface area contributed by atoms with E-state index in [2.05, 4.69) is 28.0 Å². The lowest BCUT2D eigenvalue weighted by atomic mass is 9.98. The number of hydrogen-bond acceptors (Lipinski definition) is 4. The number of carboxylic acid groups (broad SMARTS) is 1. The van der Waals surface area contributed by atoms with Crippen LogP contribution < -0.4 is 0 Å². The minimum Gasteiger partial charge on any atom is -0.478 e. The third kappa shape index (κ3) is 3.79. The molecule has 2 aromatic heterocycles. The SMILES string of the molecule is CCc1nn(CC)c(CO)c1Cc1ccc2c(-c3ccccc3C(=O)O)oc(Br)c2c1. The minimum atomic E-state index is -0.996. The Hall–Kier alpha value is -2.90. The largest absolute Gasteiger partial charge is 0.478 e. The van der Waals surface area contributed by atoms with E-state index in [1.165, 1.54) is 0 Å². The summed E-state index contributed by atoms with van der Waals surface area (Å²) in [5.41, 5.74) is 4.70. The molecule has 0 radical (unpaired) electrons. The summed E-state index contributed by atoms with van der Waals surface area (Å²) in [4.78, 5) is 11.7. The topological polar surface area (TPSA) is 88.5 Å². The van der Waals surface area contributed by atoms with Crippen molar-refractivity contribution in [2.75, 3.05) is 0 Å². The predicted molar refractivity (Wildman–Crippen MR) is 122 cm³/mol. The van der Waals surface area contributed by atoms with Crippen molar-refractivity contribution in [3.05, 3.63) is 75.2 Å². The van der Waals surface area contributed by atoms with E-state index in [0.29, 0.717) is 29.0 Å². The summed E-state index contributed by atoms with van der Waals surface area (Å²) in [6.45, 7) is 4.74. The van der Waals surface area contributed by atoms with Gasteiger partial charge in [0.15, 0.2) is 4.67 Å². The first kappa shape index (κ1) is 21.3. The molecule has 0 unspecified atom stereocenters. The highest BCUT2D eigenvalue weighted by molar-refractivity contribution is 9.10. The van der Waals surface area contributed by atoms with Gasteiger partial charge in [0.05, 0.1) is 23.6 Å². The van der Waals surface area contributed by atoms with Crippen molar-refractivity contribution >= 4 is 32.7 Å². The maximum Gasteiger partial charge on any atom is 0.336 e. The van der Waals surface area contributed by atoms with E-state index in [1.807, 2.05) is 29.8 Å². The van der Waals surface area contributed by atoms with Gasteiger partial charge < -0.3 is 14.6 Å². The molecular weight excluding hydrogens is 460 g/mol. The Balaban J connectivity index is 1.79. The molecule has 7 heteroatoms. The highest BCUT2D eigenvalue weighted by atomic mass is 79.9. The average molecular weight is 483 g/mol. The molecule has 4 aromatic rings. The van der Waals surface area contributed by atoms with Crippen LogP contribution in [0, 0.1) is 0 Å². The number of halogens is 1. The maximum atomic E-state index is 11.7. The number of carbonyl (C=O) groups is 1. The van der Waals surface area contributed by atoms with Crippen molar-refractivity contribution in [1.82, 2.24) is 9.78 Å². The molecule has 2 heterocycles. The van der Waals surface area contributed by atoms with Crippen LogP contribution >= 0.6 is 15.9 Å². The van der Waals surface area contributed by atoms with Crippen LogP contribution in [0.15, 0.2) is 51.6 Å². The predicted octanol–water partition coefficient (Wildman–Crippen LogP) is 5.42. The van der Waals surface area contributed by atoms with Crippen molar-refractivity contribution in [1.29, 1.82) is 0 Å². The fraction of sp³-hybridized carbons (Fsp3) is 0.250. The Morgan fingerprint density at radius 3 is 2.61 bits per heavy atom. The number of aliphatic hydroxyl groups is 1. The van der Waals surface area contributed by atoms with Gasteiger partial charge in [-0.25, -0.2) is 4.79 Å². The number of nitrogens with zero attached hydrogens (tertiary/aromatic N) is 2. The second-order valence-corrected chi connectivity index (χ2v) is 8.03. The van der Waals surface area contributed by atoms with Gasteiger partial charge in [-0.15, -0.1) is 0 Å². The van der Waals surface area contributed by atoms with Gasteiger partial charge in [-0.2, -0.15) is 5.10 Å². The van der Waals surface area contributed by atoms with Crippen molar-refractivity contribution in [2.45, 2.75) is 39.8 Å². The molecule has 0 aliphatic heterocycles. The highest BCUT2D eigenvalue weighted by Gasteiger charge is 2.20. The second kappa shape index (κ2) is 8.69. The van der Waals surface area contributed by atoms with Crippen molar-refractivity contribution in [2.24, 2.45) is 0 Å². The molecule has 0 saturated carbocycles. The summed E-state index contributed by atoms with van der Waals surface area (Å²) >= 11 is 3.50. The molecule has 31 heavy (non-hydrogen) atoms. The van der Waals surface area contributed by atoms with Gasteiger partial charge >= 0.3 is 5.97 Å². The monoisotopic (exact) mass is 482 g/mol. The van der Waals surface area contributed by atoms with E-state index in [-0.39, 0.29) is 12.2 Å².